The number of unbranched alkanes of at least 4 members (excludes halogenated alkanes) is 3. The van der Waals surface area contributed by atoms with E-state index in [1.165, 1.54) is 0 Å². The van der Waals surface area contributed by atoms with Crippen LogP contribution in [-0.2, 0) is 44.7 Å². The van der Waals surface area contributed by atoms with Crippen LogP contribution in [0.4, 0.5) is 0 Å². The van der Waals surface area contributed by atoms with Gasteiger partial charge < -0.3 is 49.8 Å². The quantitative estimate of drug-likeness (QED) is 0.0580. The number of amides is 3. The number of rotatable bonds is 23. The third-order valence-corrected chi connectivity index (χ3v) is 13.6. The number of hydrogen-bond acceptors (Lipinski definition) is 11. The molecule has 3 aromatic rings. The minimum absolute atomic E-state index is 0.0165. The summed E-state index contributed by atoms with van der Waals surface area (Å²) in [4.78, 5) is 121. The zero-order valence-corrected chi connectivity index (χ0v) is 41.3. The molecule has 0 radical (unpaired) electrons. The van der Waals surface area contributed by atoms with Crippen LogP contribution >= 0.6 is 0 Å². The van der Waals surface area contributed by atoms with Crippen LogP contribution in [0.3, 0.4) is 0 Å². The summed E-state index contributed by atoms with van der Waals surface area (Å²) in [6, 6.07) is 5.96. The first kappa shape index (κ1) is 53.1. The van der Waals surface area contributed by atoms with Gasteiger partial charge >= 0.3 is 23.9 Å². The van der Waals surface area contributed by atoms with E-state index in [1.54, 1.807) is 0 Å². The van der Waals surface area contributed by atoms with Gasteiger partial charge in [0.1, 0.15) is 39.3 Å². The first-order valence-corrected chi connectivity index (χ1v) is 24.0. The van der Waals surface area contributed by atoms with Gasteiger partial charge in [0.2, 0.25) is 17.7 Å². The molecule has 20 heteroatoms. The number of H-pyrrole nitrogens is 2. The topological polar surface area (TPSA) is 294 Å². The summed E-state index contributed by atoms with van der Waals surface area (Å²) in [7, 11) is 0. The fourth-order valence-corrected chi connectivity index (χ4v) is 9.87. The molecule has 0 saturated heterocycles. The Hall–Kier alpha value is -7.22. The van der Waals surface area contributed by atoms with Crippen LogP contribution in [0.1, 0.15) is 153 Å². The van der Waals surface area contributed by atoms with Crippen LogP contribution in [0, 0.1) is 13.8 Å². The van der Waals surface area contributed by atoms with E-state index in [0.717, 1.165) is 80.8 Å². The van der Waals surface area contributed by atoms with Crippen molar-refractivity contribution in [2.45, 2.75) is 118 Å². The lowest BCUT2D eigenvalue weighted by molar-refractivity contribution is -0.153. The maximum atomic E-state index is 14.4. The molecule has 0 aromatic carbocycles. The molecule has 6 rings (SSSR count). The molecule has 6 N–H and O–H groups in total. The van der Waals surface area contributed by atoms with E-state index in [-0.39, 0.29) is 37.1 Å². The minimum atomic E-state index is -1.55. The van der Waals surface area contributed by atoms with Crippen molar-refractivity contribution >= 4 is 80.6 Å². The molecule has 0 spiro atoms. The number of carbonyl (C=O) groups excluding carboxylic acids is 4. The van der Waals surface area contributed by atoms with Gasteiger partial charge in [-0.3, -0.25) is 43.3 Å². The number of ketones is 1. The molecule has 3 atom stereocenters. The van der Waals surface area contributed by atoms with Crippen molar-refractivity contribution in [1.82, 2.24) is 34.6 Å². The molecular weight excluding hydrogens is 919 g/mol. The lowest BCUT2D eigenvalue weighted by Gasteiger charge is -2.28. The molecule has 5 heterocycles. The van der Waals surface area contributed by atoms with Crippen molar-refractivity contribution in [2.75, 3.05) is 45.9 Å². The van der Waals surface area contributed by atoms with Crippen LogP contribution in [0.5, 0.6) is 0 Å². The smallest absolute Gasteiger partial charge is 0.323 e. The van der Waals surface area contributed by atoms with Crippen molar-refractivity contribution in [3.63, 3.8) is 0 Å². The molecule has 0 fully saturated rings. The molecule has 380 valence electrons. The normalized spacial score (nSPS) is 15.5. The number of ether oxygens (including phenoxy) is 1. The number of aromatic amines is 2. The maximum absolute atomic E-state index is 14.4. The molecule has 2 aliphatic heterocycles. The molecule has 8 bridgehead atoms. The highest BCUT2D eigenvalue weighted by Crippen LogP contribution is 2.45. The number of Topliss-reactive ketones (excluding diaryl/α,β-unsaturated/α-hetero) is 1. The molecule has 3 aromatic heterocycles. The van der Waals surface area contributed by atoms with Crippen LogP contribution in [0.25, 0.3) is 33.2 Å². The standard InChI is InChI=1S/C51H63N7O13/c1-8-10-11-12-15-71-30(7)48-28(5)36-17-35-27(4)32(13-14-41(60)56(20-42(61)57(22-44(63)64)23-45(65)66)21-43(62)58(24-46(67)68)25-47(69)70)50(54-35)33-16-40(59)49-29(6)37(55-51(33)49)18-38-31(9-2)26(3)34(52-38)19-39(48)53-36/h17-19,27,30,32,53,55H,8-16,20-25H2,1-7H3,(H,63,64)(H,65,66)(H,67,68)(H,69,70)/t27-,30?,32-/m0/s1. The third kappa shape index (κ3) is 12.0. The predicted octanol–water partition coefficient (Wildman–Crippen LogP) is 6.16. The summed E-state index contributed by atoms with van der Waals surface area (Å²) < 4.78 is 6.46. The number of carboxylic acids is 4. The Morgan fingerprint density at radius 2 is 1.28 bits per heavy atom. The highest BCUT2D eigenvalue weighted by Gasteiger charge is 2.37. The Kier molecular flexibility index (Phi) is 17.0. The van der Waals surface area contributed by atoms with Crippen molar-refractivity contribution in [2.24, 2.45) is 0 Å². The SMILES string of the molecule is CCCCCCOC(C)c1c(C)c2cc3nc(c4c5[nH]c(cc6nc(cc1[nH]2)C(C)=C6CC)c(C)c5C(=O)C4)[C@@H](CCC(=O)N(CC(=O)N(CC(=O)O)CC(=O)O)CC(=O)N(CC(=O)O)CC(=O)O)[C@@H]3C. The van der Waals surface area contributed by atoms with Gasteiger partial charge in [0, 0.05) is 70.2 Å². The van der Waals surface area contributed by atoms with Gasteiger partial charge in [-0.15, -0.1) is 0 Å². The van der Waals surface area contributed by atoms with E-state index in [4.69, 9.17) is 14.7 Å². The first-order valence-electron chi connectivity index (χ1n) is 24.0. The van der Waals surface area contributed by atoms with Gasteiger partial charge in [0.15, 0.2) is 5.78 Å². The van der Waals surface area contributed by atoms with Crippen molar-refractivity contribution in [3.8, 4) is 0 Å². The number of carboxylic acid groups (broad SMARTS) is 4. The number of fused-ring (bicyclic) bond motifs is 8. The van der Waals surface area contributed by atoms with E-state index >= 15 is 0 Å². The van der Waals surface area contributed by atoms with Gasteiger partial charge in [-0.2, -0.15) is 0 Å². The fourth-order valence-electron chi connectivity index (χ4n) is 9.87. The number of aryl methyl sites for hydroxylation is 2. The number of nitrogens with zero attached hydrogens (tertiary/aromatic N) is 5. The molecular formula is C51H63N7O13. The maximum Gasteiger partial charge on any atom is 0.323 e. The number of carbonyl (C=O) groups is 8. The van der Waals surface area contributed by atoms with E-state index in [0.29, 0.717) is 56.4 Å². The second-order valence-corrected chi connectivity index (χ2v) is 18.5. The highest BCUT2D eigenvalue weighted by atomic mass is 16.5. The number of hydrogen-bond donors (Lipinski definition) is 6. The second-order valence-electron chi connectivity index (χ2n) is 18.5. The molecule has 0 saturated carbocycles. The van der Waals surface area contributed by atoms with Crippen LogP contribution in [0.15, 0.2) is 18.2 Å². The van der Waals surface area contributed by atoms with E-state index in [2.05, 4.69) is 30.7 Å². The van der Waals surface area contributed by atoms with Gasteiger partial charge in [-0.1, -0.05) is 40.0 Å². The summed E-state index contributed by atoms with van der Waals surface area (Å²) >= 11 is 0. The van der Waals surface area contributed by atoms with E-state index in [1.807, 2.05) is 45.9 Å². The Balaban J connectivity index is 1.48. The van der Waals surface area contributed by atoms with Crippen molar-refractivity contribution in [1.29, 1.82) is 0 Å². The predicted molar refractivity (Wildman–Crippen MR) is 260 cm³/mol. The molecule has 3 amide bonds. The van der Waals surface area contributed by atoms with Crippen LogP contribution < -0.4 is 0 Å². The van der Waals surface area contributed by atoms with E-state index < -0.39 is 86.8 Å². The van der Waals surface area contributed by atoms with Crippen LogP contribution in [-0.4, -0.2) is 148 Å². The number of nitrogens with one attached hydrogen (secondary N) is 2. The Bertz CT molecular complexity index is 2780. The van der Waals surface area contributed by atoms with Gasteiger partial charge in [0.25, 0.3) is 0 Å². The third-order valence-electron chi connectivity index (χ3n) is 13.6. The Morgan fingerprint density at radius 3 is 1.85 bits per heavy atom. The zero-order chi connectivity index (χ0) is 52.0. The average Bonchev–Trinajstić information content (AvgIpc) is 4.05. The number of aliphatic carboxylic acids is 4. The van der Waals surface area contributed by atoms with Crippen LogP contribution in [0.2, 0.25) is 0 Å². The second kappa shape index (κ2) is 22.7. The van der Waals surface area contributed by atoms with Gasteiger partial charge in [-0.25, -0.2) is 4.98 Å². The largest absolute Gasteiger partial charge is 0.480 e. The molecule has 20 nitrogen and oxygen atoms in total. The first-order chi connectivity index (χ1) is 33.6. The summed E-state index contributed by atoms with van der Waals surface area (Å²) in [5.41, 5.74) is 11.5. The lowest BCUT2D eigenvalue weighted by Crippen LogP contribution is -2.50. The minimum Gasteiger partial charge on any atom is -0.480 e. The summed E-state index contributed by atoms with van der Waals surface area (Å²) in [5, 5.41) is 37.7. The Labute approximate surface area is 410 Å². The highest BCUT2D eigenvalue weighted by molar-refractivity contribution is 6.13. The van der Waals surface area contributed by atoms with Gasteiger partial charge in [0.05, 0.1) is 28.7 Å². The summed E-state index contributed by atoms with van der Waals surface area (Å²) in [5.74, 6) is -10.4. The van der Waals surface area contributed by atoms with Crippen molar-refractivity contribution < 1.29 is 63.5 Å². The average molecular weight is 982 g/mol. The van der Waals surface area contributed by atoms with Gasteiger partial charge in [-0.05, 0) is 87.4 Å². The molecule has 71 heavy (non-hydrogen) atoms. The van der Waals surface area contributed by atoms with E-state index in [9.17, 15) is 58.8 Å². The zero-order valence-electron chi connectivity index (χ0n) is 41.3. The summed E-state index contributed by atoms with van der Waals surface area (Å²) in [6.07, 6.45) is 4.32. The number of allylic oxidation sites excluding steroid dienone is 2. The monoisotopic (exact) mass is 981 g/mol. The molecule has 1 unspecified atom stereocenters. The summed E-state index contributed by atoms with van der Waals surface area (Å²) in [6.45, 7) is 8.57. The Morgan fingerprint density at radius 1 is 0.718 bits per heavy atom. The fraction of sp³-hybridized carbons (Fsp3) is 0.490. The number of aromatic nitrogens is 4. The van der Waals surface area contributed by atoms with Crippen molar-refractivity contribution in [3.05, 3.63) is 68.8 Å². The lowest BCUT2D eigenvalue weighted by atomic mass is 9.85. The molecule has 1 aliphatic carbocycles. The molecule has 3 aliphatic rings.